The molecular weight excluding hydrogens is 292 g/mol. The maximum Gasteiger partial charge on any atom is 0.251 e. The molecule has 1 aromatic carbocycles. The molecule has 1 heterocycles. The third kappa shape index (κ3) is 4.79. The van der Waals surface area contributed by atoms with Gasteiger partial charge in [-0.1, -0.05) is 32.9 Å². The largest absolute Gasteiger partial charge is 0.391 e. The van der Waals surface area contributed by atoms with Crippen molar-refractivity contribution >= 4 is 11.8 Å². The molecule has 1 unspecified atom stereocenters. The zero-order chi connectivity index (χ0) is 17.0. The number of amides is 2. The van der Waals surface area contributed by atoms with Crippen LogP contribution >= 0.6 is 0 Å². The van der Waals surface area contributed by atoms with E-state index in [2.05, 4.69) is 5.32 Å². The predicted molar refractivity (Wildman–Crippen MR) is 88.9 cm³/mol. The first kappa shape index (κ1) is 17.5. The number of benzene rings is 1. The Morgan fingerprint density at radius 3 is 2.74 bits per heavy atom. The predicted octanol–water partition coefficient (Wildman–Crippen LogP) is 1.95. The molecule has 2 N–H and O–H groups in total. The van der Waals surface area contributed by atoms with Gasteiger partial charge in [-0.25, -0.2) is 0 Å². The van der Waals surface area contributed by atoms with Gasteiger partial charge in [0.1, 0.15) is 0 Å². The Hall–Kier alpha value is -1.88. The van der Waals surface area contributed by atoms with Crippen LogP contribution in [0.3, 0.4) is 0 Å². The summed E-state index contributed by atoms with van der Waals surface area (Å²) in [5.41, 5.74) is 1.23. The molecule has 2 rings (SSSR count). The van der Waals surface area contributed by atoms with Crippen molar-refractivity contribution in [2.24, 2.45) is 5.41 Å². The van der Waals surface area contributed by atoms with E-state index in [1.807, 2.05) is 43.9 Å². The highest BCUT2D eigenvalue weighted by Gasteiger charge is 2.23. The number of aliphatic hydroxyl groups excluding tert-OH is 1. The first-order valence-electron chi connectivity index (χ1n) is 8.10. The number of aliphatic hydroxyl groups is 1. The van der Waals surface area contributed by atoms with Gasteiger partial charge in [0.05, 0.1) is 6.10 Å². The number of carbonyl (C=O) groups excluding carboxylic acids is 2. The van der Waals surface area contributed by atoms with Gasteiger partial charge in [0.25, 0.3) is 5.91 Å². The van der Waals surface area contributed by atoms with Crippen LogP contribution < -0.4 is 5.32 Å². The molecule has 23 heavy (non-hydrogen) atoms. The van der Waals surface area contributed by atoms with Crippen molar-refractivity contribution in [3.05, 3.63) is 35.4 Å². The second-order valence-corrected chi connectivity index (χ2v) is 7.21. The number of rotatable bonds is 5. The Morgan fingerprint density at radius 2 is 2.13 bits per heavy atom. The molecule has 2 amide bonds. The lowest BCUT2D eigenvalue weighted by atomic mass is 9.89. The number of nitrogens with one attached hydrogen (secondary N) is 1. The van der Waals surface area contributed by atoms with E-state index in [-0.39, 0.29) is 23.8 Å². The molecule has 126 valence electrons. The van der Waals surface area contributed by atoms with Crippen molar-refractivity contribution < 1.29 is 14.7 Å². The molecule has 0 radical (unpaired) electrons. The van der Waals surface area contributed by atoms with Crippen LogP contribution in [0.1, 0.15) is 49.5 Å². The first-order chi connectivity index (χ1) is 10.8. The van der Waals surface area contributed by atoms with Crippen LogP contribution in [0.15, 0.2) is 24.3 Å². The average molecular weight is 318 g/mol. The van der Waals surface area contributed by atoms with Crippen molar-refractivity contribution in [1.29, 1.82) is 0 Å². The van der Waals surface area contributed by atoms with E-state index in [0.29, 0.717) is 18.5 Å². The smallest absolute Gasteiger partial charge is 0.251 e. The Morgan fingerprint density at radius 1 is 1.39 bits per heavy atom. The highest BCUT2D eigenvalue weighted by Crippen LogP contribution is 2.18. The minimum atomic E-state index is -0.600. The molecule has 1 aliphatic heterocycles. The molecule has 0 spiro atoms. The lowest BCUT2D eigenvalue weighted by molar-refractivity contribution is -0.128. The molecule has 0 bridgehead atoms. The molecule has 5 heteroatoms. The van der Waals surface area contributed by atoms with E-state index in [9.17, 15) is 14.7 Å². The summed E-state index contributed by atoms with van der Waals surface area (Å²) in [6.45, 7) is 7.33. The van der Waals surface area contributed by atoms with E-state index in [1.165, 1.54) is 0 Å². The SMILES string of the molecule is CC(C)(C)C(O)CNC(=O)c1cccc(CN2CCCC2=O)c1. The normalized spacial score (nSPS) is 16.5. The van der Waals surface area contributed by atoms with Crippen LogP contribution in [-0.2, 0) is 11.3 Å². The Bertz CT molecular complexity index is 578. The third-order valence-electron chi connectivity index (χ3n) is 4.19. The molecule has 1 fully saturated rings. The molecule has 0 saturated carbocycles. The summed E-state index contributed by atoms with van der Waals surface area (Å²) in [7, 11) is 0. The van der Waals surface area contributed by atoms with E-state index in [1.54, 1.807) is 6.07 Å². The van der Waals surface area contributed by atoms with Gasteiger partial charge in [0, 0.05) is 31.6 Å². The van der Waals surface area contributed by atoms with Gasteiger partial charge in [0.15, 0.2) is 0 Å². The average Bonchev–Trinajstić information content (AvgIpc) is 2.89. The van der Waals surface area contributed by atoms with Crippen LogP contribution in [0.25, 0.3) is 0 Å². The van der Waals surface area contributed by atoms with Gasteiger partial charge in [-0.15, -0.1) is 0 Å². The van der Waals surface area contributed by atoms with E-state index >= 15 is 0 Å². The molecule has 0 aromatic heterocycles. The molecule has 1 aliphatic rings. The van der Waals surface area contributed by atoms with Gasteiger partial charge in [-0.3, -0.25) is 9.59 Å². The monoisotopic (exact) mass is 318 g/mol. The van der Waals surface area contributed by atoms with Gasteiger partial charge in [-0.05, 0) is 29.5 Å². The fraction of sp³-hybridized carbons (Fsp3) is 0.556. The maximum atomic E-state index is 12.2. The fourth-order valence-electron chi connectivity index (χ4n) is 2.50. The van der Waals surface area contributed by atoms with Crippen LogP contribution in [-0.4, -0.2) is 41.0 Å². The van der Waals surface area contributed by atoms with E-state index in [0.717, 1.165) is 18.5 Å². The van der Waals surface area contributed by atoms with Gasteiger partial charge in [0.2, 0.25) is 5.91 Å². The summed E-state index contributed by atoms with van der Waals surface area (Å²) < 4.78 is 0. The minimum absolute atomic E-state index is 0.174. The number of hydrogen-bond donors (Lipinski definition) is 2. The molecule has 1 saturated heterocycles. The number of carbonyl (C=O) groups is 2. The molecule has 1 atom stereocenters. The van der Waals surface area contributed by atoms with Crippen molar-refractivity contribution in [3.63, 3.8) is 0 Å². The van der Waals surface area contributed by atoms with Crippen LogP contribution in [0.4, 0.5) is 0 Å². The Balaban J connectivity index is 1.96. The third-order valence-corrected chi connectivity index (χ3v) is 4.19. The topological polar surface area (TPSA) is 69.6 Å². The molecule has 0 aliphatic carbocycles. The number of hydrogen-bond acceptors (Lipinski definition) is 3. The summed E-state index contributed by atoms with van der Waals surface area (Å²) in [5.74, 6) is -0.0314. The first-order valence-corrected chi connectivity index (χ1v) is 8.10. The summed E-state index contributed by atoms with van der Waals surface area (Å²) >= 11 is 0. The minimum Gasteiger partial charge on any atom is -0.391 e. The van der Waals surface area contributed by atoms with Crippen molar-refractivity contribution in [3.8, 4) is 0 Å². The quantitative estimate of drug-likeness (QED) is 0.872. The zero-order valence-corrected chi connectivity index (χ0v) is 14.1. The standard InChI is InChI=1S/C18H26N2O3/c1-18(2,3)15(21)11-19-17(23)14-7-4-6-13(10-14)12-20-9-5-8-16(20)22/h4,6-7,10,15,21H,5,8-9,11-12H2,1-3H3,(H,19,23). The van der Waals surface area contributed by atoms with Crippen molar-refractivity contribution in [2.45, 2.75) is 46.3 Å². The fourth-order valence-corrected chi connectivity index (χ4v) is 2.50. The highest BCUT2D eigenvalue weighted by atomic mass is 16.3. The number of nitrogens with zero attached hydrogens (tertiary/aromatic N) is 1. The lowest BCUT2D eigenvalue weighted by Crippen LogP contribution is -2.39. The van der Waals surface area contributed by atoms with E-state index in [4.69, 9.17) is 0 Å². The summed E-state index contributed by atoms with van der Waals surface area (Å²) in [6.07, 6.45) is 0.922. The highest BCUT2D eigenvalue weighted by molar-refractivity contribution is 5.94. The molecule has 5 nitrogen and oxygen atoms in total. The second kappa shape index (κ2) is 7.13. The Kier molecular flexibility index (Phi) is 5.42. The van der Waals surface area contributed by atoms with Crippen molar-refractivity contribution in [1.82, 2.24) is 10.2 Å². The maximum absolute atomic E-state index is 12.2. The zero-order valence-electron chi connectivity index (χ0n) is 14.1. The lowest BCUT2D eigenvalue weighted by Gasteiger charge is -2.25. The van der Waals surface area contributed by atoms with Gasteiger partial charge in [-0.2, -0.15) is 0 Å². The number of likely N-dealkylation sites (tertiary alicyclic amines) is 1. The Labute approximate surface area is 137 Å². The summed E-state index contributed by atoms with van der Waals surface area (Å²) in [4.78, 5) is 25.7. The molecular formula is C18H26N2O3. The van der Waals surface area contributed by atoms with Crippen LogP contribution in [0, 0.1) is 5.41 Å². The molecule has 1 aromatic rings. The van der Waals surface area contributed by atoms with Crippen LogP contribution in [0.2, 0.25) is 0 Å². The van der Waals surface area contributed by atoms with Crippen molar-refractivity contribution in [2.75, 3.05) is 13.1 Å². The van der Waals surface area contributed by atoms with E-state index < -0.39 is 6.10 Å². The van der Waals surface area contributed by atoms with Gasteiger partial charge < -0.3 is 15.3 Å². The second-order valence-electron chi connectivity index (χ2n) is 7.21. The van der Waals surface area contributed by atoms with Gasteiger partial charge >= 0.3 is 0 Å². The summed E-state index contributed by atoms with van der Waals surface area (Å²) in [5, 5.41) is 12.8. The summed E-state index contributed by atoms with van der Waals surface area (Å²) in [6, 6.07) is 7.30. The van der Waals surface area contributed by atoms with Crippen LogP contribution in [0.5, 0.6) is 0 Å².